The number of carbonyl (C=O) groups is 1. The van der Waals surface area contributed by atoms with Gasteiger partial charge in [-0.15, -0.1) is 12.4 Å². The molecule has 8 nitrogen and oxygen atoms in total. The molecule has 0 atom stereocenters. The van der Waals surface area contributed by atoms with Crippen molar-refractivity contribution in [3.8, 4) is 0 Å². The van der Waals surface area contributed by atoms with Crippen molar-refractivity contribution in [1.29, 1.82) is 0 Å². The van der Waals surface area contributed by atoms with Gasteiger partial charge in [0.05, 0.1) is 0 Å². The van der Waals surface area contributed by atoms with Crippen LogP contribution in [0.25, 0.3) is 0 Å². The van der Waals surface area contributed by atoms with Crippen LogP contribution in [0.4, 0.5) is 5.82 Å². The first-order valence-corrected chi connectivity index (χ1v) is 8.16. The van der Waals surface area contributed by atoms with Crippen molar-refractivity contribution >= 4 is 24.1 Å². The first-order chi connectivity index (χ1) is 11.0. The van der Waals surface area contributed by atoms with E-state index in [4.69, 9.17) is 0 Å². The number of imidazole rings is 1. The van der Waals surface area contributed by atoms with Gasteiger partial charge in [-0.05, 0) is 41.1 Å². The summed E-state index contributed by atoms with van der Waals surface area (Å²) in [6.07, 6.45) is 5.12. The molecule has 1 amide bonds. The molecule has 3 heterocycles. The second-order valence-corrected chi connectivity index (χ2v) is 6.65. The number of carbonyl (C=O) groups excluding carboxylic acids is 1. The number of hydrogen-bond acceptors (Lipinski definition) is 5. The number of nitro groups is 1. The highest BCUT2D eigenvalue weighted by Gasteiger charge is 2.37. The Morgan fingerprint density at radius 1 is 1.42 bits per heavy atom. The summed E-state index contributed by atoms with van der Waals surface area (Å²) in [6, 6.07) is 0. The van der Waals surface area contributed by atoms with Gasteiger partial charge in [0.15, 0.2) is 0 Å². The van der Waals surface area contributed by atoms with E-state index >= 15 is 0 Å². The Bertz CT molecular complexity index is 602. The van der Waals surface area contributed by atoms with Crippen molar-refractivity contribution in [2.75, 3.05) is 26.2 Å². The number of aromatic nitrogens is 2. The second kappa shape index (κ2) is 7.48. The van der Waals surface area contributed by atoms with Crippen LogP contribution >= 0.6 is 12.4 Å². The van der Waals surface area contributed by atoms with Crippen molar-refractivity contribution in [3.05, 3.63) is 22.1 Å². The molecule has 3 rings (SSSR count). The summed E-state index contributed by atoms with van der Waals surface area (Å²) in [4.78, 5) is 28.4. The highest BCUT2D eigenvalue weighted by molar-refractivity contribution is 5.85. The Balaban J connectivity index is 0.00000208. The summed E-state index contributed by atoms with van der Waals surface area (Å²) in [5, 5.41) is 14.1. The Kier molecular flexibility index (Phi) is 5.82. The summed E-state index contributed by atoms with van der Waals surface area (Å²) in [6.45, 7) is 5.97. The molecule has 2 aliphatic heterocycles. The lowest BCUT2D eigenvalue weighted by molar-refractivity contribution is -0.389. The van der Waals surface area contributed by atoms with E-state index in [1.807, 2.05) is 4.90 Å². The van der Waals surface area contributed by atoms with Crippen LogP contribution in [0.3, 0.4) is 0 Å². The molecule has 2 fully saturated rings. The van der Waals surface area contributed by atoms with Gasteiger partial charge in [0.1, 0.15) is 6.20 Å². The molecule has 0 radical (unpaired) electrons. The Labute approximate surface area is 147 Å². The number of hydrogen-bond donors (Lipinski definition) is 1. The van der Waals surface area contributed by atoms with Gasteiger partial charge in [-0.25, -0.2) is 0 Å². The molecule has 0 bridgehead atoms. The van der Waals surface area contributed by atoms with Crippen LogP contribution < -0.4 is 5.32 Å². The fourth-order valence-corrected chi connectivity index (χ4v) is 3.63. The zero-order valence-corrected chi connectivity index (χ0v) is 14.7. The van der Waals surface area contributed by atoms with Crippen molar-refractivity contribution in [1.82, 2.24) is 19.8 Å². The number of aryl methyl sites for hydroxylation is 2. The van der Waals surface area contributed by atoms with Crippen molar-refractivity contribution < 1.29 is 9.72 Å². The molecule has 0 aliphatic carbocycles. The van der Waals surface area contributed by atoms with E-state index in [1.54, 1.807) is 11.5 Å². The zero-order valence-electron chi connectivity index (χ0n) is 13.9. The van der Waals surface area contributed by atoms with Crippen LogP contribution in [-0.4, -0.2) is 51.5 Å². The first-order valence-electron chi connectivity index (χ1n) is 8.16. The normalized spacial score (nSPS) is 19.3. The maximum atomic E-state index is 12.4. The molecule has 1 aromatic rings. The highest BCUT2D eigenvalue weighted by Crippen LogP contribution is 2.36. The van der Waals surface area contributed by atoms with Crippen molar-refractivity contribution in [3.63, 3.8) is 0 Å². The Hall–Kier alpha value is -1.67. The topological polar surface area (TPSA) is 93.3 Å². The molecule has 1 aromatic heterocycles. The van der Waals surface area contributed by atoms with E-state index in [0.29, 0.717) is 24.2 Å². The number of amides is 1. The number of halogens is 1. The Morgan fingerprint density at radius 2 is 2.12 bits per heavy atom. The van der Waals surface area contributed by atoms with Gasteiger partial charge in [-0.3, -0.25) is 4.79 Å². The number of piperidine rings is 1. The van der Waals surface area contributed by atoms with E-state index in [0.717, 1.165) is 39.0 Å². The molecular formula is C15H24ClN5O3. The first kappa shape index (κ1) is 18.7. The molecular weight excluding hydrogens is 334 g/mol. The molecule has 0 aromatic carbocycles. The molecule has 2 saturated heterocycles. The number of nitrogens with zero attached hydrogens (tertiary/aromatic N) is 4. The summed E-state index contributed by atoms with van der Waals surface area (Å²) < 4.78 is 1.68. The summed E-state index contributed by atoms with van der Waals surface area (Å²) >= 11 is 0. The van der Waals surface area contributed by atoms with Crippen LogP contribution in [0.2, 0.25) is 0 Å². The van der Waals surface area contributed by atoms with Gasteiger partial charge >= 0.3 is 5.82 Å². The lowest BCUT2D eigenvalue weighted by Gasteiger charge is -2.39. The molecule has 9 heteroatoms. The van der Waals surface area contributed by atoms with Crippen LogP contribution in [-0.2, 0) is 11.3 Å². The fourth-order valence-electron chi connectivity index (χ4n) is 3.63. The average molecular weight is 358 g/mol. The largest absolute Gasteiger partial charge is 0.381 e. The van der Waals surface area contributed by atoms with Gasteiger partial charge in [-0.1, -0.05) is 0 Å². The molecule has 134 valence electrons. The molecule has 0 saturated carbocycles. The average Bonchev–Trinajstić information content (AvgIpc) is 3.13. The third-order valence-electron chi connectivity index (χ3n) is 5.23. The lowest BCUT2D eigenvalue weighted by Crippen LogP contribution is -2.44. The predicted octanol–water partition coefficient (Wildman–Crippen LogP) is 1.51. The number of likely N-dealkylation sites (tertiary alicyclic amines) is 1. The molecule has 2 aliphatic rings. The van der Waals surface area contributed by atoms with Gasteiger partial charge in [-0.2, -0.15) is 0 Å². The minimum Gasteiger partial charge on any atom is -0.358 e. The maximum Gasteiger partial charge on any atom is 0.381 e. The summed E-state index contributed by atoms with van der Waals surface area (Å²) in [7, 11) is 0. The Morgan fingerprint density at radius 3 is 2.67 bits per heavy atom. The van der Waals surface area contributed by atoms with E-state index in [-0.39, 0.29) is 24.1 Å². The van der Waals surface area contributed by atoms with Crippen molar-refractivity contribution in [2.24, 2.45) is 5.41 Å². The molecule has 1 N–H and O–H groups in total. The van der Waals surface area contributed by atoms with Crippen LogP contribution in [0.15, 0.2) is 6.20 Å². The van der Waals surface area contributed by atoms with Crippen LogP contribution in [0, 0.1) is 22.5 Å². The van der Waals surface area contributed by atoms with E-state index < -0.39 is 4.92 Å². The predicted molar refractivity (Wildman–Crippen MR) is 91.2 cm³/mol. The monoisotopic (exact) mass is 357 g/mol. The van der Waals surface area contributed by atoms with Crippen LogP contribution in [0.1, 0.15) is 31.5 Å². The zero-order chi connectivity index (χ0) is 16.4. The van der Waals surface area contributed by atoms with Gasteiger partial charge < -0.3 is 24.9 Å². The third-order valence-corrected chi connectivity index (χ3v) is 5.23. The van der Waals surface area contributed by atoms with E-state index in [1.165, 1.54) is 12.6 Å². The minimum absolute atomic E-state index is 0. The van der Waals surface area contributed by atoms with Gasteiger partial charge in [0, 0.05) is 39.5 Å². The minimum atomic E-state index is -0.509. The molecule has 24 heavy (non-hydrogen) atoms. The highest BCUT2D eigenvalue weighted by atomic mass is 35.5. The summed E-state index contributed by atoms with van der Waals surface area (Å²) in [5.41, 5.74) is 0.401. The van der Waals surface area contributed by atoms with E-state index in [2.05, 4.69) is 10.3 Å². The third kappa shape index (κ3) is 3.87. The number of rotatable bonds is 4. The fraction of sp³-hybridized carbons (Fsp3) is 0.733. The summed E-state index contributed by atoms with van der Waals surface area (Å²) in [5.74, 6) is 0.532. The molecule has 1 spiro atoms. The number of nitrogens with one attached hydrogen (secondary N) is 1. The van der Waals surface area contributed by atoms with Crippen molar-refractivity contribution in [2.45, 2.75) is 39.2 Å². The van der Waals surface area contributed by atoms with Gasteiger partial charge in [0.2, 0.25) is 11.7 Å². The van der Waals surface area contributed by atoms with Gasteiger partial charge in [0.25, 0.3) is 0 Å². The lowest BCUT2D eigenvalue weighted by atomic mass is 9.78. The quantitative estimate of drug-likeness (QED) is 0.651. The second-order valence-electron chi connectivity index (χ2n) is 6.65. The van der Waals surface area contributed by atoms with Crippen LogP contribution in [0.5, 0.6) is 0 Å². The standard InChI is InChI=1S/C15H23N5O3.ClH/c1-12-17-13(20(22)23)10-19(12)7-2-14(21)18-8-4-15(5-9-18)3-6-16-11-15;/h10,16H,2-9,11H2,1H3;1H. The van der Waals surface area contributed by atoms with E-state index in [9.17, 15) is 14.9 Å². The smallest absolute Gasteiger partial charge is 0.358 e. The maximum absolute atomic E-state index is 12.4. The molecule has 0 unspecified atom stereocenters. The SMILES string of the molecule is Cc1nc([N+](=O)[O-])cn1CCC(=O)N1CCC2(CCNC2)CC1.Cl.